The molecule has 1 aliphatic carbocycles. The average Bonchev–Trinajstić information content (AvgIpc) is 2.57. The highest BCUT2D eigenvalue weighted by Gasteiger charge is 2.33. The van der Waals surface area contributed by atoms with E-state index in [-0.39, 0.29) is 5.41 Å². The third-order valence-electron chi connectivity index (χ3n) is 3.87. The largest absolute Gasteiger partial charge is 0.257 e. The van der Waals surface area contributed by atoms with Gasteiger partial charge in [-0.1, -0.05) is 47.6 Å². The zero-order chi connectivity index (χ0) is 12.8. The fourth-order valence-corrected chi connectivity index (χ4v) is 2.78. The quantitative estimate of drug-likeness (QED) is 0.642. The number of hydrogen-bond acceptors (Lipinski definition) is 1. The van der Waals surface area contributed by atoms with Gasteiger partial charge in [-0.05, 0) is 35.8 Å². The van der Waals surface area contributed by atoms with E-state index < -0.39 is 0 Å². The Morgan fingerprint density at radius 2 is 1.71 bits per heavy atom. The molecule has 1 heterocycles. The van der Waals surface area contributed by atoms with Gasteiger partial charge in [0.05, 0.1) is 0 Å². The summed E-state index contributed by atoms with van der Waals surface area (Å²) in [7, 11) is 0. The van der Waals surface area contributed by atoms with Gasteiger partial charge in [0.15, 0.2) is 0 Å². The summed E-state index contributed by atoms with van der Waals surface area (Å²) in [5.41, 5.74) is 4.58. The molecule has 0 aliphatic heterocycles. The summed E-state index contributed by atoms with van der Waals surface area (Å²) < 4.78 is 0. The molecule has 0 saturated carbocycles. The number of aromatic nitrogens is 1. The lowest BCUT2D eigenvalue weighted by Crippen LogP contribution is -2.17. The predicted molar refractivity (Wildman–Crippen MR) is 73.5 cm³/mol. The van der Waals surface area contributed by atoms with Gasteiger partial charge in [-0.3, -0.25) is 4.98 Å². The first-order chi connectivity index (χ1) is 7.69. The first-order valence-corrected chi connectivity index (χ1v) is 6.70. The van der Waals surface area contributed by atoms with Crippen molar-refractivity contribution in [1.29, 1.82) is 0 Å². The molecular weight excluding hydrogens is 206 g/mol. The molecule has 1 aliphatic rings. The molecule has 0 N–H and O–H groups in total. The zero-order valence-electron chi connectivity index (χ0n) is 12.1. The number of fused-ring (bicyclic) bond motifs is 1. The van der Waals surface area contributed by atoms with E-state index in [9.17, 15) is 0 Å². The fourth-order valence-electron chi connectivity index (χ4n) is 2.78. The van der Waals surface area contributed by atoms with Crippen LogP contribution in [0.1, 0.15) is 70.8 Å². The van der Waals surface area contributed by atoms with Crippen LogP contribution in [0.15, 0.2) is 12.1 Å². The minimum atomic E-state index is 0.162. The van der Waals surface area contributed by atoms with E-state index in [1.165, 1.54) is 23.4 Å². The van der Waals surface area contributed by atoms with Gasteiger partial charge in [0.25, 0.3) is 0 Å². The molecule has 1 aromatic heterocycles. The molecule has 1 heteroatoms. The van der Waals surface area contributed by atoms with Gasteiger partial charge in [-0.2, -0.15) is 0 Å². The molecule has 0 bridgehead atoms. The van der Waals surface area contributed by atoms with Crippen LogP contribution in [0.5, 0.6) is 0 Å². The average molecular weight is 231 g/mol. The van der Waals surface area contributed by atoms with E-state index in [1.807, 2.05) is 0 Å². The van der Waals surface area contributed by atoms with Crippen LogP contribution in [-0.4, -0.2) is 4.98 Å². The van der Waals surface area contributed by atoms with Crippen molar-refractivity contribution < 1.29 is 0 Å². The Morgan fingerprint density at radius 1 is 1.06 bits per heavy atom. The predicted octanol–water partition coefficient (Wildman–Crippen LogP) is 4.46. The van der Waals surface area contributed by atoms with E-state index in [0.717, 1.165) is 6.42 Å². The van der Waals surface area contributed by atoms with Crippen molar-refractivity contribution in [2.75, 3.05) is 0 Å². The normalized spacial score (nSPS) is 20.5. The van der Waals surface area contributed by atoms with E-state index in [0.29, 0.717) is 11.3 Å². The van der Waals surface area contributed by atoms with Gasteiger partial charge in [-0.15, -0.1) is 0 Å². The lowest BCUT2D eigenvalue weighted by molar-refractivity contribution is 0.319. The van der Waals surface area contributed by atoms with E-state index >= 15 is 0 Å². The third kappa shape index (κ3) is 2.38. The van der Waals surface area contributed by atoms with Crippen molar-refractivity contribution in [2.45, 2.75) is 65.7 Å². The Morgan fingerprint density at radius 3 is 2.24 bits per heavy atom. The molecule has 1 unspecified atom stereocenters. The summed E-state index contributed by atoms with van der Waals surface area (Å²) in [6.07, 6.45) is 2.42. The van der Waals surface area contributed by atoms with Gasteiger partial charge < -0.3 is 0 Å². The molecule has 17 heavy (non-hydrogen) atoms. The minimum Gasteiger partial charge on any atom is -0.257 e. The maximum Gasteiger partial charge on any atom is 0.0460 e. The molecule has 2 rings (SSSR count). The first-order valence-electron chi connectivity index (χ1n) is 6.70. The Bertz CT molecular complexity index is 418. The molecule has 0 amide bonds. The maximum absolute atomic E-state index is 4.89. The second kappa shape index (κ2) is 3.83. The van der Waals surface area contributed by atoms with Crippen molar-refractivity contribution in [3.8, 4) is 0 Å². The monoisotopic (exact) mass is 231 g/mol. The highest BCUT2D eigenvalue weighted by atomic mass is 14.7. The second-order valence-electron chi connectivity index (χ2n) is 7.44. The standard InChI is InChI=1S/C16H25N/c1-15(2,3)12-8-9-13-11(12)7-10-14(17-13)16(4,5)6/h7,10,12H,8-9H2,1-6H3. The van der Waals surface area contributed by atoms with Crippen LogP contribution in [0.4, 0.5) is 0 Å². The zero-order valence-corrected chi connectivity index (χ0v) is 12.1. The van der Waals surface area contributed by atoms with Crippen molar-refractivity contribution >= 4 is 0 Å². The van der Waals surface area contributed by atoms with Crippen LogP contribution >= 0.6 is 0 Å². The first kappa shape index (κ1) is 12.6. The maximum atomic E-state index is 4.89. The summed E-state index contributed by atoms with van der Waals surface area (Å²) >= 11 is 0. The van der Waals surface area contributed by atoms with Gasteiger partial charge in [0, 0.05) is 16.8 Å². The Balaban J connectivity index is 2.39. The molecule has 0 fully saturated rings. The van der Waals surface area contributed by atoms with Crippen molar-refractivity contribution in [1.82, 2.24) is 4.98 Å². The number of rotatable bonds is 0. The SMILES string of the molecule is CC(C)(C)c1ccc2c(n1)CCC2C(C)(C)C. The second-order valence-corrected chi connectivity index (χ2v) is 7.44. The Labute approximate surface area is 106 Å². The number of nitrogens with zero attached hydrogens (tertiary/aromatic N) is 1. The lowest BCUT2D eigenvalue weighted by Gasteiger charge is -2.28. The minimum absolute atomic E-state index is 0.162. The molecule has 0 radical (unpaired) electrons. The molecular formula is C16H25N. The van der Waals surface area contributed by atoms with Crippen LogP contribution in [0, 0.1) is 5.41 Å². The molecule has 0 spiro atoms. The van der Waals surface area contributed by atoms with E-state index in [1.54, 1.807) is 0 Å². The molecule has 0 saturated heterocycles. The van der Waals surface area contributed by atoms with Gasteiger partial charge >= 0.3 is 0 Å². The van der Waals surface area contributed by atoms with Crippen molar-refractivity contribution in [2.24, 2.45) is 5.41 Å². The summed E-state index contributed by atoms with van der Waals surface area (Å²) in [5, 5.41) is 0. The highest BCUT2D eigenvalue weighted by molar-refractivity contribution is 5.34. The van der Waals surface area contributed by atoms with Crippen molar-refractivity contribution in [3.05, 3.63) is 29.1 Å². The number of pyridine rings is 1. The number of hydrogen-bond donors (Lipinski definition) is 0. The molecule has 1 atom stereocenters. The molecule has 94 valence electrons. The summed E-state index contributed by atoms with van der Waals surface area (Å²) in [6.45, 7) is 13.7. The summed E-state index contributed by atoms with van der Waals surface area (Å²) in [6, 6.07) is 4.55. The summed E-state index contributed by atoms with van der Waals surface area (Å²) in [4.78, 5) is 4.89. The summed E-state index contributed by atoms with van der Waals surface area (Å²) in [5.74, 6) is 0.680. The highest BCUT2D eigenvalue weighted by Crippen LogP contribution is 2.44. The van der Waals surface area contributed by atoms with Gasteiger partial charge in [-0.25, -0.2) is 0 Å². The molecule has 1 nitrogen and oxygen atoms in total. The Kier molecular flexibility index (Phi) is 2.84. The topological polar surface area (TPSA) is 12.9 Å². The lowest BCUT2D eigenvalue weighted by atomic mass is 9.77. The number of aryl methyl sites for hydroxylation is 1. The smallest absolute Gasteiger partial charge is 0.0460 e. The van der Waals surface area contributed by atoms with Gasteiger partial charge in [0.2, 0.25) is 0 Å². The van der Waals surface area contributed by atoms with E-state index in [2.05, 4.69) is 53.7 Å². The fraction of sp³-hybridized carbons (Fsp3) is 0.688. The molecule has 0 aromatic carbocycles. The van der Waals surface area contributed by atoms with Crippen molar-refractivity contribution in [3.63, 3.8) is 0 Å². The van der Waals surface area contributed by atoms with Crippen LogP contribution in [0.25, 0.3) is 0 Å². The van der Waals surface area contributed by atoms with Crippen LogP contribution in [0.2, 0.25) is 0 Å². The van der Waals surface area contributed by atoms with Crippen LogP contribution < -0.4 is 0 Å². The third-order valence-corrected chi connectivity index (χ3v) is 3.87. The van der Waals surface area contributed by atoms with E-state index in [4.69, 9.17) is 4.98 Å². The Hall–Kier alpha value is -0.850. The van der Waals surface area contributed by atoms with Crippen LogP contribution in [0.3, 0.4) is 0 Å². The molecule has 1 aromatic rings. The van der Waals surface area contributed by atoms with Crippen LogP contribution in [-0.2, 0) is 11.8 Å². The van der Waals surface area contributed by atoms with Gasteiger partial charge in [0.1, 0.15) is 0 Å².